The van der Waals surface area contributed by atoms with Gasteiger partial charge in [-0.2, -0.15) is 0 Å². The SMILES string of the molecule is COc1ccccc1-c1nc2c(OC)ccc(OC)c2cc1CN(C[C@@H]1CCCO1)C(=O)c1ccc(F)cc1. The summed E-state index contributed by atoms with van der Waals surface area (Å²) in [4.78, 5) is 20.6. The van der Waals surface area contributed by atoms with Gasteiger partial charge in [-0.15, -0.1) is 0 Å². The van der Waals surface area contributed by atoms with Gasteiger partial charge in [0.25, 0.3) is 5.91 Å². The van der Waals surface area contributed by atoms with Gasteiger partial charge in [-0.05, 0) is 73.0 Å². The van der Waals surface area contributed by atoms with Crippen LogP contribution in [0.4, 0.5) is 4.39 Å². The van der Waals surface area contributed by atoms with Crippen molar-refractivity contribution in [1.82, 2.24) is 9.88 Å². The normalized spacial score (nSPS) is 14.8. The molecule has 1 amide bonds. The molecule has 5 rings (SSSR count). The van der Waals surface area contributed by atoms with E-state index in [2.05, 4.69) is 0 Å². The van der Waals surface area contributed by atoms with Crippen LogP contribution >= 0.6 is 0 Å². The van der Waals surface area contributed by atoms with Crippen molar-refractivity contribution in [2.45, 2.75) is 25.5 Å². The molecule has 1 saturated heterocycles. The lowest BCUT2D eigenvalue weighted by atomic mass is 10.0. The third-order valence-electron chi connectivity index (χ3n) is 6.98. The highest BCUT2D eigenvalue weighted by atomic mass is 19.1. The highest BCUT2D eigenvalue weighted by Crippen LogP contribution is 2.38. The first-order chi connectivity index (χ1) is 19.0. The van der Waals surface area contributed by atoms with Crippen molar-refractivity contribution in [3.8, 4) is 28.5 Å². The number of carbonyl (C=O) groups excluding carboxylic acids is 1. The number of hydrogen-bond donors (Lipinski definition) is 0. The van der Waals surface area contributed by atoms with E-state index in [0.717, 1.165) is 29.4 Å². The van der Waals surface area contributed by atoms with Crippen molar-refractivity contribution >= 4 is 16.8 Å². The fourth-order valence-electron chi connectivity index (χ4n) is 5.02. The maximum absolute atomic E-state index is 13.8. The molecule has 7 nitrogen and oxygen atoms in total. The van der Waals surface area contributed by atoms with Gasteiger partial charge in [-0.1, -0.05) is 12.1 Å². The van der Waals surface area contributed by atoms with Crippen LogP contribution in [-0.4, -0.2) is 56.4 Å². The van der Waals surface area contributed by atoms with Crippen molar-refractivity contribution < 1.29 is 28.1 Å². The standard InChI is InChI=1S/C31H31FN2O5/c1-36-26-9-5-4-8-24(26)29-21(17-25-27(37-2)14-15-28(38-3)30(25)33-29)18-34(19-23-7-6-16-39-23)31(35)20-10-12-22(32)13-11-20/h4-5,8-15,17,23H,6-7,16,18-19H2,1-3H3/t23-/m0/s1. The number of ether oxygens (including phenoxy) is 4. The number of carbonyl (C=O) groups is 1. The summed E-state index contributed by atoms with van der Waals surface area (Å²) in [5.41, 5.74) is 3.29. The predicted octanol–water partition coefficient (Wildman–Crippen LogP) is 5.89. The third-order valence-corrected chi connectivity index (χ3v) is 6.98. The minimum atomic E-state index is -0.393. The summed E-state index contributed by atoms with van der Waals surface area (Å²) in [5.74, 6) is 1.29. The van der Waals surface area contributed by atoms with E-state index >= 15 is 0 Å². The minimum absolute atomic E-state index is 0.0767. The molecule has 1 aliphatic rings. The van der Waals surface area contributed by atoms with Gasteiger partial charge < -0.3 is 23.8 Å². The lowest BCUT2D eigenvalue weighted by Gasteiger charge is -2.27. The Balaban J connectivity index is 1.67. The number of benzene rings is 3. The number of fused-ring (bicyclic) bond motifs is 1. The molecule has 0 N–H and O–H groups in total. The third kappa shape index (κ3) is 5.52. The van der Waals surface area contributed by atoms with E-state index in [1.807, 2.05) is 42.5 Å². The molecule has 1 aromatic heterocycles. The zero-order valence-electron chi connectivity index (χ0n) is 22.3. The monoisotopic (exact) mass is 530 g/mol. The molecule has 1 atom stereocenters. The molecular weight excluding hydrogens is 499 g/mol. The smallest absolute Gasteiger partial charge is 0.254 e. The topological polar surface area (TPSA) is 70.1 Å². The van der Waals surface area contributed by atoms with Gasteiger partial charge >= 0.3 is 0 Å². The van der Waals surface area contributed by atoms with Crippen LogP contribution in [0, 0.1) is 5.82 Å². The highest BCUT2D eigenvalue weighted by Gasteiger charge is 2.26. The fourth-order valence-corrected chi connectivity index (χ4v) is 5.02. The van der Waals surface area contributed by atoms with Crippen molar-refractivity contribution in [2.24, 2.45) is 0 Å². The number of rotatable bonds is 9. The van der Waals surface area contributed by atoms with Crippen LogP contribution in [-0.2, 0) is 11.3 Å². The molecule has 39 heavy (non-hydrogen) atoms. The Morgan fingerprint density at radius 3 is 2.38 bits per heavy atom. The van der Waals surface area contributed by atoms with Gasteiger partial charge in [0.1, 0.15) is 28.6 Å². The van der Waals surface area contributed by atoms with Gasteiger partial charge in [0.05, 0.1) is 33.1 Å². The van der Waals surface area contributed by atoms with E-state index < -0.39 is 5.82 Å². The van der Waals surface area contributed by atoms with Crippen molar-refractivity contribution in [2.75, 3.05) is 34.5 Å². The largest absolute Gasteiger partial charge is 0.496 e. The lowest BCUT2D eigenvalue weighted by molar-refractivity contribution is 0.0507. The molecule has 3 aromatic carbocycles. The number of methoxy groups -OCH3 is 3. The summed E-state index contributed by atoms with van der Waals surface area (Å²) in [6, 6.07) is 18.9. The van der Waals surface area contributed by atoms with Crippen LogP contribution in [0.3, 0.4) is 0 Å². The van der Waals surface area contributed by atoms with Crippen LogP contribution in [0.5, 0.6) is 17.2 Å². The number of pyridine rings is 1. The summed E-state index contributed by atoms with van der Waals surface area (Å²) in [7, 11) is 4.83. The van der Waals surface area contributed by atoms with Crippen molar-refractivity contribution in [3.63, 3.8) is 0 Å². The van der Waals surface area contributed by atoms with E-state index in [1.165, 1.54) is 24.3 Å². The zero-order valence-corrected chi connectivity index (χ0v) is 22.3. The Labute approximate surface area is 227 Å². The fraction of sp³-hybridized carbons (Fsp3) is 0.290. The summed E-state index contributed by atoms with van der Waals surface area (Å²) >= 11 is 0. The van der Waals surface area contributed by atoms with Crippen LogP contribution in [0.15, 0.2) is 66.7 Å². The first-order valence-electron chi connectivity index (χ1n) is 12.9. The number of nitrogens with zero attached hydrogens (tertiary/aromatic N) is 2. The van der Waals surface area contributed by atoms with Crippen molar-refractivity contribution in [3.05, 3.63) is 83.7 Å². The second-order valence-electron chi connectivity index (χ2n) is 9.39. The van der Waals surface area contributed by atoms with Crippen LogP contribution in [0.2, 0.25) is 0 Å². The molecule has 202 valence electrons. The van der Waals surface area contributed by atoms with E-state index in [0.29, 0.717) is 47.2 Å². The number of amides is 1. The van der Waals surface area contributed by atoms with Crippen LogP contribution in [0.25, 0.3) is 22.2 Å². The van der Waals surface area contributed by atoms with Gasteiger partial charge in [0.2, 0.25) is 0 Å². The number of halogens is 1. The van der Waals surface area contributed by atoms with E-state index in [4.69, 9.17) is 23.9 Å². The van der Waals surface area contributed by atoms with Crippen molar-refractivity contribution in [1.29, 1.82) is 0 Å². The van der Waals surface area contributed by atoms with Crippen LogP contribution in [0.1, 0.15) is 28.8 Å². The maximum atomic E-state index is 13.8. The zero-order chi connectivity index (χ0) is 27.4. The van der Waals surface area contributed by atoms with E-state index in [1.54, 1.807) is 26.2 Å². The summed E-state index contributed by atoms with van der Waals surface area (Å²) in [5, 5.41) is 0.761. The van der Waals surface area contributed by atoms with E-state index in [-0.39, 0.29) is 18.6 Å². The van der Waals surface area contributed by atoms with Gasteiger partial charge in [-0.3, -0.25) is 4.79 Å². The Bertz CT molecular complexity index is 1470. The summed E-state index contributed by atoms with van der Waals surface area (Å²) < 4.78 is 36.5. The molecule has 4 aromatic rings. The van der Waals surface area contributed by atoms with Gasteiger partial charge in [-0.25, -0.2) is 9.37 Å². The molecule has 0 unspecified atom stereocenters. The first-order valence-corrected chi connectivity index (χ1v) is 12.9. The Morgan fingerprint density at radius 1 is 0.974 bits per heavy atom. The second kappa shape index (κ2) is 11.7. The summed E-state index contributed by atoms with van der Waals surface area (Å²) in [6.07, 6.45) is 1.74. The number of para-hydroxylation sites is 1. The lowest BCUT2D eigenvalue weighted by Crippen LogP contribution is -2.37. The minimum Gasteiger partial charge on any atom is -0.496 e. The quantitative estimate of drug-likeness (QED) is 0.269. The molecule has 2 heterocycles. The molecule has 8 heteroatoms. The van der Waals surface area contributed by atoms with Gasteiger partial charge in [0.15, 0.2) is 0 Å². The Kier molecular flexibility index (Phi) is 7.93. The average Bonchev–Trinajstić information content (AvgIpc) is 3.49. The Morgan fingerprint density at radius 2 is 1.69 bits per heavy atom. The molecule has 0 saturated carbocycles. The maximum Gasteiger partial charge on any atom is 0.254 e. The summed E-state index contributed by atoms with van der Waals surface area (Å²) in [6.45, 7) is 1.31. The number of hydrogen-bond acceptors (Lipinski definition) is 6. The number of aromatic nitrogens is 1. The predicted molar refractivity (Wildman–Crippen MR) is 147 cm³/mol. The average molecular weight is 531 g/mol. The van der Waals surface area contributed by atoms with E-state index in [9.17, 15) is 9.18 Å². The van der Waals surface area contributed by atoms with Crippen LogP contribution < -0.4 is 14.2 Å². The highest BCUT2D eigenvalue weighted by molar-refractivity contribution is 5.95. The molecule has 0 radical (unpaired) electrons. The second-order valence-corrected chi connectivity index (χ2v) is 9.39. The molecule has 0 aliphatic carbocycles. The molecule has 0 bridgehead atoms. The first kappa shape index (κ1) is 26.4. The molecule has 1 aliphatic heterocycles. The molecule has 0 spiro atoms. The molecule has 1 fully saturated rings. The molecular formula is C31H31FN2O5. The van der Waals surface area contributed by atoms with Gasteiger partial charge in [0, 0.05) is 36.2 Å². The Hall–Kier alpha value is -4.17.